The fraction of sp³-hybridized carbons (Fsp3) is 0.412. The number of nitrogens with two attached hydrogens (primary N) is 2. The maximum atomic E-state index is 13.2. The highest BCUT2D eigenvalue weighted by molar-refractivity contribution is 8.00. The predicted octanol–water partition coefficient (Wildman–Crippen LogP) is 2.01. The fourth-order valence-corrected chi connectivity index (χ4v) is 3.55. The van der Waals surface area contributed by atoms with Gasteiger partial charge in [-0.25, -0.2) is 0 Å². The molecule has 0 bridgehead atoms. The van der Waals surface area contributed by atoms with E-state index >= 15 is 0 Å². The summed E-state index contributed by atoms with van der Waals surface area (Å²) in [6.45, 7) is 3.47. The van der Waals surface area contributed by atoms with Crippen molar-refractivity contribution in [1.82, 2.24) is 15.0 Å². The number of ether oxygens (including phenoxy) is 1. The number of benzene rings is 1. The Morgan fingerprint density at radius 1 is 1.20 bits per heavy atom. The third-order valence-electron chi connectivity index (χ3n) is 4.23. The lowest BCUT2D eigenvalue weighted by atomic mass is 10.1. The van der Waals surface area contributed by atoms with Crippen LogP contribution in [0.3, 0.4) is 0 Å². The maximum absolute atomic E-state index is 13.2. The smallest absolute Gasteiger partial charge is 0.378 e. The molecule has 1 aromatic heterocycles. The minimum atomic E-state index is -4.54. The van der Waals surface area contributed by atoms with Crippen molar-refractivity contribution in [3.63, 3.8) is 0 Å². The average Bonchev–Trinajstić information content (AvgIpc) is 2.67. The quantitative estimate of drug-likeness (QED) is 0.594. The van der Waals surface area contributed by atoms with Gasteiger partial charge in [-0.1, -0.05) is 11.8 Å². The standard InChI is InChI=1S/C17H20F3N7O2S/c1-9(30-16-25-14(21)24-15(22)26-16)13(28)23-11-8-10(17(18,19)20)2-3-12(11)27-4-6-29-7-5-27/h2-3,8-9H,4-7H2,1H3,(H,23,28)(H4,21,22,24,25,26)/t9-/m1/s1. The number of hydrogen-bond acceptors (Lipinski definition) is 9. The molecule has 1 atom stereocenters. The Morgan fingerprint density at radius 3 is 2.43 bits per heavy atom. The van der Waals surface area contributed by atoms with Crippen LogP contribution >= 0.6 is 11.8 Å². The number of carbonyl (C=O) groups excluding carboxylic acids is 1. The van der Waals surface area contributed by atoms with Gasteiger partial charge in [0, 0.05) is 13.1 Å². The molecule has 162 valence electrons. The summed E-state index contributed by atoms with van der Waals surface area (Å²) in [5.74, 6) is -0.707. The van der Waals surface area contributed by atoms with Crippen LogP contribution in [-0.4, -0.2) is 52.4 Å². The van der Waals surface area contributed by atoms with Crippen LogP contribution in [0.1, 0.15) is 12.5 Å². The van der Waals surface area contributed by atoms with Crippen LogP contribution in [0.4, 0.5) is 36.4 Å². The molecule has 1 amide bonds. The van der Waals surface area contributed by atoms with Crippen LogP contribution in [0.5, 0.6) is 0 Å². The molecule has 9 nitrogen and oxygen atoms in total. The van der Waals surface area contributed by atoms with Crippen molar-refractivity contribution in [1.29, 1.82) is 0 Å². The number of nitrogens with one attached hydrogen (secondary N) is 1. The van der Waals surface area contributed by atoms with E-state index in [1.54, 1.807) is 6.92 Å². The molecule has 5 N–H and O–H groups in total. The first-order chi connectivity index (χ1) is 14.1. The van der Waals surface area contributed by atoms with Crippen molar-refractivity contribution in [2.45, 2.75) is 23.5 Å². The average molecular weight is 443 g/mol. The molecule has 0 saturated carbocycles. The summed E-state index contributed by atoms with van der Waals surface area (Å²) in [6, 6.07) is 3.28. The zero-order chi connectivity index (χ0) is 21.9. The van der Waals surface area contributed by atoms with E-state index in [0.717, 1.165) is 23.9 Å². The van der Waals surface area contributed by atoms with Gasteiger partial charge in [0.25, 0.3) is 0 Å². The van der Waals surface area contributed by atoms with Crippen LogP contribution in [0, 0.1) is 0 Å². The highest BCUT2D eigenvalue weighted by Crippen LogP contribution is 2.36. The van der Waals surface area contributed by atoms with Crippen molar-refractivity contribution in [2.75, 3.05) is 48.0 Å². The summed E-state index contributed by atoms with van der Waals surface area (Å²) in [4.78, 5) is 26.0. The summed E-state index contributed by atoms with van der Waals surface area (Å²) < 4.78 is 44.9. The SMILES string of the molecule is C[C@@H](Sc1nc(N)nc(N)n1)C(=O)Nc1cc(C(F)(F)F)ccc1N1CCOCC1. The first kappa shape index (κ1) is 21.9. The normalized spacial score (nSPS) is 15.7. The van der Waals surface area contributed by atoms with Gasteiger partial charge in [0.15, 0.2) is 5.16 Å². The van der Waals surface area contributed by atoms with Gasteiger partial charge in [-0.3, -0.25) is 4.79 Å². The number of halogens is 3. The molecule has 1 saturated heterocycles. The first-order valence-corrected chi connectivity index (χ1v) is 9.80. The molecule has 13 heteroatoms. The van der Waals surface area contributed by atoms with Crippen molar-refractivity contribution in [2.24, 2.45) is 0 Å². The summed E-state index contributed by atoms with van der Waals surface area (Å²) in [6.07, 6.45) is -4.54. The Bertz CT molecular complexity index is 902. The number of carbonyl (C=O) groups is 1. The Labute approximate surface area is 174 Å². The second kappa shape index (κ2) is 8.92. The van der Waals surface area contributed by atoms with Crippen LogP contribution in [0.2, 0.25) is 0 Å². The number of nitrogens with zero attached hydrogens (tertiary/aromatic N) is 4. The van der Waals surface area contributed by atoms with Crippen LogP contribution in [0.25, 0.3) is 0 Å². The molecule has 2 aromatic rings. The number of aromatic nitrogens is 3. The topological polar surface area (TPSA) is 132 Å². The predicted molar refractivity (Wildman–Crippen MR) is 107 cm³/mol. The van der Waals surface area contributed by atoms with Gasteiger partial charge in [-0.05, 0) is 25.1 Å². The lowest BCUT2D eigenvalue weighted by Gasteiger charge is -2.31. The monoisotopic (exact) mass is 443 g/mol. The number of rotatable bonds is 5. The minimum Gasteiger partial charge on any atom is -0.378 e. The number of hydrogen-bond donors (Lipinski definition) is 3. The zero-order valence-corrected chi connectivity index (χ0v) is 16.8. The summed E-state index contributed by atoms with van der Waals surface area (Å²) >= 11 is 0.960. The van der Waals surface area contributed by atoms with Crippen molar-refractivity contribution < 1.29 is 22.7 Å². The molecule has 1 aliphatic rings. The molecule has 0 aliphatic carbocycles. The molecule has 1 aliphatic heterocycles. The third kappa shape index (κ3) is 5.42. The molecule has 0 spiro atoms. The Hall–Kier alpha value is -2.80. The summed E-state index contributed by atoms with van der Waals surface area (Å²) in [7, 11) is 0. The van der Waals surface area contributed by atoms with Crippen LogP contribution < -0.4 is 21.7 Å². The Morgan fingerprint density at radius 2 is 1.83 bits per heavy atom. The van der Waals surface area contributed by atoms with Gasteiger partial charge in [-0.2, -0.15) is 28.1 Å². The molecule has 2 heterocycles. The lowest BCUT2D eigenvalue weighted by molar-refractivity contribution is -0.137. The van der Waals surface area contributed by atoms with E-state index < -0.39 is 22.9 Å². The third-order valence-corrected chi connectivity index (χ3v) is 5.20. The van der Waals surface area contributed by atoms with E-state index in [4.69, 9.17) is 16.2 Å². The maximum Gasteiger partial charge on any atom is 0.416 e. The Balaban J connectivity index is 1.82. The van der Waals surface area contributed by atoms with Gasteiger partial charge < -0.3 is 26.4 Å². The van der Waals surface area contributed by atoms with E-state index in [9.17, 15) is 18.0 Å². The van der Waals surface area contributed by atoms with Crippen molar-refractivity contribution >= 4 is 40.9 Å². The summed E-state index contributed by atoms with van der Waals surface area (Å²) in [5, 5.41) is 1.99. The molecule has 30 heavy (non-hydrogen) atoms. The summed E-state index contributed by atoms with van der Waals surface area (Å²) in [5.41, 5.74) is 10.7. The Kier molecular flexibility index (Phi) is 6.51. The van der Waals surface area contributed by atoms with Crippen LogP contribution in [-0.2, 0) is 15.7 Å². The van der Waals surface area contributed by atoms with E-state index in [2.05, 4.69) is 20.3 Å². The van der Waals surface area contributed by atoms with Crippen molar-refractivity contribution in [3.05, 3.63) is 23.8 Å². The van der Waals surface area contributed by atoms with E-state index in [-0.39, 0.29) is 22.7 Å². The second-order valence-electron chi connectivity index (χ2n) is 6.41. The number of alkyl halides is 3. The second-order valence-corrected chi connectivity index (χ2v) is 7.72. The molecule has 0 radical (unpaired) electrons. The minimum absolute atomic E-state index is 0.0684. The van der Waals surface area contributed by atoms with Gasteiger partial charge >= 0.3 is 6.18 Å². The zero-order valence-electron chi connectivity index (χ0n) is 15.9. The molecular weight excluding hydrogens is 423 g/mol. The van der Waals surface area contributed by atoms with Crippen molar-refractivity contribution in [3.8, 4) is 0 Å². The fourth-order valence-electron chi connectivity index (χ4n) is 2.78. The van der Waals surface area contributed by atoms with E-state index in [1.165, 1.54) is 6.07 Å². The number of amides is 1. The van der Waals surface area contributed by atoms with Gasteiger partial charge in [0.1, 0.15) is 0 Å². The highest BCUT2D eigenvalue weighted by Gasteiger charge is 2.32. The van der Waals surface area contributed by atoms with Gasteiger partial charge in [0.05, 0.1) is 35.4 Å². The highest BCUT2D eigenvalue weighted by atomic mass is 32.2. The van der Waals surface area contributed by atoms with E-state index in [1.807, 2.05) is 4.90 Å². The number of anilines is 4. The molecule has 1 fully saturated rings. The molecular formula is C17H20F3N7O2S. The number of morpholine rings is 1. The molecule has 1 aromatic carbocycles. The van der Waals surface area contributed by atoms with Gasteiger partial charge in [-0.15, -0.1) is 0 Å². The number of nitrogen functional groups attached to an aromatic ring is 2. The number of thioether (sulfide) groups is 1. The molecule has 3 rings (SSSR count). The first-order valence-electron chi connectivity index (χ1n) is 8.92. The lowest BCUT2D eigenvalue weighted by Crippen LogP contribution is -2.37. The molecule has 0 unspecified atom stereocenters. The van der Waals surface area contributed by atoms with Gasteiger partial charge in [0.2, 0.25) is 17.8 Å². The largest absolute Gasteiger partial charge is 0.416 e. The van der Waals surface area contributed by atoms with Crippen LogP contribution in [0.15, 0.2) is 23.4 Å². The van der Waals surface area contributed by atoms with E-state index in [0.29, 0.717) is 32.0 Å².